The average Bonchev–Trinajstić information content (AvgIpc) is 2.59. The third kappa shape index (κ3) is 3.90. The number of ether oxygens (including phenoxy) is 2. The van der Waals surface area contributed by atoms with E-state index in [0.29, 0.717) is 17.7 Å². The maximum absolute atomic E-state index is 13.6. The summed E-state index contributed by atoms with van der Waals surface area (Å²) in [5, 5.41) is 1.53. The van der Waals surface area contributed by atoms with Crippen molar-refractivity contribution in [1.82, 2.24) is 0 Å². The van der Waals surface area contributed by atoms with Crippen molar-refractivity contribution in [3.05, 3.63) is 77.6 Å². The molecule has 0 aliphatic rings. The number of carbonyl (C=O) groups is 1. The van der Waals surface area contributed by atoms with E-state index < -0.39 is 0 Å². The van der Waals surface area contributed by atoms with Crippen molar-refractivity contribution in [2.75, 3.05) is 0 Å². The molecule has 0 saturated heterocycles. The minimum atomic E-state index is -0.346. The van der Waals surface area contributed by atoms with Crippen LogP contribution in [0.15, 0.2) is 60.7 Å². The van der Waals surface area contributed by atoms with E-state index in [4.69, 9.17) is 9.47 Å². The summed E-state index contributed by atoms with van der Waals surface area (Å²) in [7, 11) is 0. The molecule has 0 spiro atoms. The zero-order valence-corrected chi connectivity index (χ0v) is 13.3. The molecule has 0 aromatic heterocycles. The van der Waals surface area contributed by atoms with Crippen LogP contribution in [0.1, 0.15) is 18.1 Å². The number of halogens is 1. The lowest BCUT2D eigenvalue weighted by atomic mass is 10.1. The second-order valence-corrected chi connectivity index (χ2v) is 5.51. The van der Waals surface area contributed by atoms with Crippen molar-refractivity contribution in [3.8, 4) is 5.75 Å². The number of hydrogen-bond acceptors (Lipinski definition) is 3. The Bertz CT molecular complexity index is 859. The molecule has 0 atom stereocenters. The van der Waals surface area contributed by atoms with Gasteiger partial charge in [-0.2, -0.15) is 0 Å². The quantitative estimate of drug-likeness (QED) is 0.642. The third-order valence-electron chi connectivity index (χ3n) is 3.62. The highest BCUT2D eigenvalue weighted by Gasteiger charge is 2.08. The van der Waals surface area contributed by atoms with E-state index in [0.717, 1.165) is 16.5 Å². The van der Waals surface area contributed by atoms with Gasteiger partial charge < -0.3 is 9.47 Å². The van der Waals surface area contributed by atoms with Gasteiger partial charge in [0, 0.05) is 12.3 Å². The molecule has 0 bridgehead atoms. The highest BCUT2D eigenvalue weighted by molar-refractivity contribution is 5.89. The van der Waals surface area contributed by atoms with Gasteiger partial charge in [0.2, 0.25) is 0 Å². The highest BCUT2D eigenvalue weighted by atomic mass is 19.1. The Morgan fingerprint density at radius 2 is 1.75 bits per heavy atom. The van der Waals surface area contributed by atoms with Crippen molar-refractivity contribution in [3.63, 3.8) is 0 Å². The van der Waals surface area contributed by atoms with E-state index in [9.17, 15) is 9.18 Å². The maximum Gasteiger partial charge on any atom is 0.302 e. The van der Waals surface area contributed by atoms with Crippen molar-refractivity contribution in [2.45, 2.75) is 20.1 Å². The van der Waals surface area contributed by atoms with Crippen molar-refractivity contribution in [1.29, 1.82) is 0 Å². The lowest BCUT2D eigenvalue weighted by Crippen LogP contribution is -2.01. The van der Waals surface area contributed by atoms with Gasteiger partial charge in [0.15, 0.2) is 0 Å². The zero-order valence-electron chi connectivity index (χ0n) is 13.3. The molecule has 0 fully saturated rings. The van der Waals surface area contributed by atoms with Crippen LogP contribution in [0.25, 0.3) is 10.8 Å². The molecule has 3 aromatic rings. The molecule has 122 valence electrons. The first kappa shape index (κ1) is 16.0. The fourth-order valence-electron chi connectivity index (χ4n) is 2.48. The topological polar surface area (TPSA) is 35.5 Å². The van der Waals surface area contributed by atoms with Gasteiger partial charge in [-0.15, -0.1) is 0 Å². The molecule has 0 aliphatic carbocycles. The molecule has 0 aliphatic heterocycles. The van der Waals surface area contributed by atoms with Gasteiger partial charge in [-0.3, -0.25) is 4.79 Å². The van der Waals surface area contributed by atoms with Gasteiger partial charge in [0.1, 0.15) is 24.8 Å². The van der Waals surface area contributed by atoms with E-state index in [1.165, 1.54) is 19.1 Å². The Morgan fingerprint density at radius 1 is 0.958 bits per heavy atom. The van der Waals surface area contributed by atoms with Crippen molar-refractivity contribution >= 4 is 16.7 Å². The minimum Gasteiger partial charge on any atom is -0.488 e. The largest absolute Gasteiger partial charge is 0.488 e. The lowest BCUT2D eigenvalue weighted by molar-refractivity contribution is -0.142. The number of rotatable bonds is 5. The fraction of sp³-hybridized carbons (Fsp3) is 0.150. The van der Waals surface area contributed by atoms with Crippen LogP contribution in [0.5, 0.6) is 5.75 Å². The van der Waals surface area contributed by atoms with Gasteiger partial charge >= 0.3 is 5.97 Å². The summed E-state index contributed by atoms with van der Waals surface area (Å²) in [6.45, 7) is 1.90. The van der Waals surface area contributed by atoms with Crippen LogP contribution < -0.4 is 4.74 Å². The van der Waals surface area contributed by atoms with Crippen LogP contribution in [0.4, 0.5) is 4.39 Å². The Kier molecular flexibility index (Phi) is 4.75. The van der Waals surface area contributed by atoms with Gasteiger partial charge in [0.05, 0.1) is 0 Å². The van der Waals surface area contributed by atoms with Crippen LogP contribution in [-0.4, -0.2) is 5.97 Å². The van der Waals surface area contributed by atoms with Crippen molar-refractivity contribution < 1.29 is 18.7 Å². The normalized spacial score (nSPS) is 10.6. The van der Waals surface area contributed by atoms with E-state index >= 15 is 0 Å². The van der Waals surface area contributed by atoms with Gasteiger partial charge in [-0.1, -0.05) is 36.4 Å². The summed E-state index contributed by atoms with van der Waals surface area (Å²) in [6, 6.07) is 17.9. The minimum absolute atomic E-state index is 0.157. The standard InChI is InChI=1S/C20H17FO3/c1-14(22)23-13-16-9-17-7-8-18(21)11-19(17)20(10-16)24-12-15-5-3-2-4-6-15/h2-11H,12-13H2,1H3. The Balaban J connectivity index is 1.92. The molecule has 0 radical (unpaired) electrons. The SMILES string of the molecule is CC(=O)OCc1cc(OCc2ccccc2)c2cc(F)ccc2c1. The second kappa shape index (κ2) is 7.13. The number of fused-ring (bicyclic) bond motifs is 1. The summed E-state index contributed by atoms with van der Waals surface area (Å²) in [5.74, 6) is -0.0984. The van der Waals surface area contributed by atoms with E-state index in [2.05, 4.69) is 0 Å². The van der Waals surface area contributed by atoms with Crippen molar-refractivity contribution in [2.24, 2.45) is 0 Å². The Labute approximate surface area is 139 Å². The molecule has 3 rings (SSSR count). The summed E-state index contributed by atoms with van der Waals surface area (Å²) in [5.41, 5.74) is 1.82. The average molecular weight is 324 g/mol. The number of esters is 1. The summed E-state index contributed by atoms with van der Waals surface area (Å²) in [6.07, 6.45) is 0. The fourth-order valence-corrected chi connectivity index (χ4v) is 2.48. The summed E-state index contributed by atoms with van der Waals surface area (Å²) in [4.78, 5) is 11.0. The summed E-state index contributed by atoms with van der Waals surface area (Å²) < 4.78 is 24.6. The molecule has 0 amide bonds. The molecular weight excluding hydrogens is 307 g/mol. The number of hydrogen-bond donors (Lipinski definition) is 0. The van der Waals surface area contributed by atoms with Crippen LogP contribution >= 0.6 is 0 Å². The lowest BCUT2D eigenvalue weighted by Gasteiger charge is -2.12. The molecule has 3 nitrogen and oxygen atoms in total. The van der Waals surface area contributed by atoms with Crippen LogP contribution in [0.2, 0.25) is 0 Å². The maximum atomic E-state index is 13.6. The molecular formula is C20H17FO3. The van der Waals surface area contributed by atoms with E-state index in [1.807, 2.05) is 36.4 Å². The van der Waals surface area contributed by atoms with Crippen LogP contribution in [0, 0.1) is 5.82 Å². The van der Waals surface area contributed by atoms with E-state index in [-0.39, 0.29) is 18.4 Å². The third-order valence-corrected chi connectivity index (χ3v) is 3.62. The molecule has 0 heterocycles. The highest BCUT2D eigenvalue weighted by Crippen LogP contribution is 2.29. The predicted octanol–water partition coefficient (Wildman–Crippen LogP) is 4.62. The number of carbonyl (C=O) groups excluding carboxylic acids is 1. The zero-order chi connectivity index (χ0) is 16.9. The van der Waals surface area contributed by atoms with Crippen LogP contribution in [0.3, 0.4) is 0 Å². The van der Waals surface area contributed by atoms with E-state index in [1.54, 1.807) is 12.1 Å². The smallest absolute Gasteiger partial charge is 0.302 e. The monoisotopic (exact) mass is 324 g/mol. The summed E-state index contributed by atoms with van der Waals surface area (Å²) >= 11 is 0. The first-order valence-corrected chi connectivity index (χ1v) is 7.64. The molecule has 0 unspecified atom stereocenters. The van der Waals surface area contributed by atoms with Crippen LogP contribution in [-0.2, 0) is 22.7 Å². The second-order valence-electron chi connectivity index (χ2n) is 5.51. The number of benzene rings is 3. The van der Waals surface area contributed by atoms with Gasteiger partial charge in [0.25, 0.3) is 0 Å². The van der Waals surface area contributed by atoms with Gasteiger partial charge in [-0.25, -0.2) is 4.39 Å². The molecule has 24 heavy (non-hydrogen) atoms. The van der Waals surface area contributed by atoms with Gasteiger partial charge in [-0.05, 0) is 40.8 Å². The molecule has 0 saturated carbocycles. The molecule has 0 N–H and O–H groups in total. The Hall–Kier alpha value is -2.88. The molecule has 4 heteroatoms. The first-order valence-electron chi connectivity index (χ1n) is 7.64. The first-order chi connectivity index (χ1) is 11.6. The predicted molar refractivity (Wildman–Crippen MR) is 90.2 cm³/mol. The Morgan fingerprint density at radius 3 is 2.50 bits per heavy atom. The molecule has 3 aromatic carbocycles.